The van der Waals surface area contributed by atoms with E-state index in [2.05, 4.69) is 15.3 Å². The van der Waals surface area contributed by atoms with Crippen LogP contribution >= 0.6 is 0 Å². The fraction of sp³-hybridized carbons (Fsp3) is 0.333. The molecule has 0 aliphatic rings. The molecule has 0 unspecified atom stereocenters. The van der Waals surface area contributed by atoms with E-state index in [1.807, 2.05) is 26.0 Å². The number of nitrogen functional groups attached to an aromatic ring is 1. The lowest BCUT2D eigenvalue weighted by molar-refractivity contribution is 0.465. The van der Waals surface area contributed by atoms with Crippen LogP contribution in [-0.2, 0) is 13.0 Å². The number of rotatable bonds is 4. The van der Waals surface area contributed by atoms with Crippen molar-refractivity contribution >= 4 is 11.5 Å². The summed E-state index contributed by atoms with van der Waals surface area (Å²) < 4.78 is 5.48. The van der Waals surface area contributed by atoms with Gasteiger partial charge in [0.25, 0.3) is 0 Å². The van der Waals surface area contributed by atoms with Gasteiger partial charge in [-0.1, -0.05) is 6.92 Å². The zero-order valence-corrected chi connectivity index (χ0v) is 10.0. The van der Waals surface area contributed by atoms with Crippen LogP contribution in [0.5, 0.6) is 0 Å². The van der Waals surface area contributed by atoms with Gasteiger partial charge in [-0.25, -0.2) is 9.97 Å². The number of hydrogen-bond donors (Lipinski definition) is 2. The molecule has 0 saturated heterocycles. The first-order chi connectivity index (χ1) is 8.19. The lowest BCUT2D eigenvalue weighted by Gasteiger charge is -2.06. The third-order valence-electron chi connectivity index (χ3n) is 2.42. The van der Waals surface area contributed by atoms with E-state index in [1.165, 1.54) is 0 Å². The van der Waals surface area contributed by atoms with E-state index in [1.54, 1.807) is 6.20 Å². The second-order valence-electron chi connectivity index (χ2n) is 3.82. The molecule has 0 fully saturated rings. The molecule has 0 aliphatic heterocycles. The van der Waals surface area contributed by atoms with Gasteiger partial charge in [0, 0.05) is 12.1 Å². The maximum absolute atomic E-state index is 5.81. The van der Waals surface area contributed by atoms with Crippen LogP contribution in [0.1, 0.15) is 24.3 Å². The molecule has 90 valence electrons. The van der Waals surface area contributed by atoms with Crippen LogP contribution in [0.25, 0.3) is 0 Å². The van der Waals surface area contributed by atoms with Gasteiger partial charge in [-0.3, -0.25) is 0 Å². The van der Waals surface area contributed by atoms with Gasteiger partial charge in [-0.2, -0.15) is 0 Å². The Bertz CT molecular complexity index is 507. The molecule has 2 aromatic heterocycles. The molecule has 0 amide bonds. The Morgan fingerprint density at radius 3 is 2.94 bits per heavy atom. The number of nitrogens with zero attached hydrogens (tertiary/aromatic N) is 2. The van der Waals surface area contributed by atoms with E-state index in [-0.39, 0.29) is 0 Å². The number of hydrogen-bond acceptors (Lipinski definition) is 5. The standard InChI is InChI=1S/C12H16N4O/c1-3-9-6-14-11(17-9)7-15-12-10(13)5-4-8(2)16-12/h4-6H,3,7,13H2,1-2H3,(H,15,16). The van der Waals surface area contributed by atoms with Gasteiger partial charge >= 0.3 is 0 Å². The second kappa shape index (κ2) is 4.86. The summed E-state index contributed by atoms with van der Waals surface area (Å²) in [4.78, 5) is 8.47. The Kier molecular flexibility index (Phi) is 3.27. The summed E-state index contributed by atoms with van der Waals surface area (Å²) in [5, 5.41) is 3.12. The van der Waals surface area contributed by atoms with E-state index >= 15 is 0 Å². The van der Waals surface area contributed by atoms with Crippen LogP contribution in [-0.4, -0.2) is 9.97 Å². The van der Waals surface area contributed by atoms with Crippen LogP contribution in [0, 0.1) is 6.92 Å². The normalized spacial score (nSPS) is 10.5. The zero-order chi connectivity index (χ0) is 12.3. The zero-order valence-electron chi connectivity index (χ0n) is 10.0. The van der Waals surface area contributed by atoms with Gasteiger partial charge in [0.2, 0.25) is 5.89 Å². The lowest BCUT2D eigenvalue weighted by atomic mass is 10.3. The van der Waals surface area contributed by atoms with Gasteiger partial charge in [0.05, 0.1) is 18.4 Å². The molecule has 5 nitrogen and oxygen atoms in total. The van der Waals surface area contributed by atoms with Crippen molar-refractivity contribution in [2.24, 2.45) is 0 Å². The molecule has 2 aromatic rings. The molecule has 17 heavy (non-hydrogen) atoms. The predicted molar refractivity (Wildman–Crippen MR) is 66.6 cm³/mol. The number of anilines is 2. The Hall–Kier alpha value is -2.04. The Morgan fingerprint density at radius 1 is 1.41 bits per heavy atom. The van der Waals surface area contributed by atoms with Crippen LogP contribution in [0.15, 0.2) is 22.7 Å². The third kappa shape index (κ3) is 2.75. The van der Waals surface area contributed by atoms with Gasteiger partial charge in [-0.05, 0) is 19.1 Å². The summed E-state index contributed by atoms with van der Waals surface area (Å²) in [6.45, 7) is 4.43. The molecule has 3 N–H and O–H groups in total. The Balaban J connectivity index is 2.04. The van der Waals surface area contributed by atoms with Crippen LogP contribution in [0.4, 0.5) is 11.5 Å². The lowest BCUT2D eigenvalue weighted by Crippen LogP contribution is -2.05. The highest BCUT2D eigenvalue weighted by molar-refractivity contribution is 5.61. The third-order valence-corrected chi connectivity index (χ3v) is 2.42. The molecule has 0 bridgehead atoms. The van der Waals surface area contributed by atoms with Crippen molar-refractivity contribution in [3.05, 3.63) is 35.7 Å². The molecular weight excluding hydrogens is 216 g/mol. The maximum atomic E-state index is 5.81. The van der Waals surface area contributed by atoms with Gasteiger partial charge in [-0.15, -0.1) is 0 Å². The molecule has 0 aliphatic carbocycles. The first-order valence-corrected chi connectivity index (χ1v) is 5.59. The van der Waals surface area contributed by atoms with Gasteiger partial charge in [0.15, 0.2) is 0 Å². The molecule has 0 aromatic carbocycles. The summed E-state index contributed by atoms with van der Waals surface area (Å²) in [5.41, 5.74) is 7.35. The van der Waals surface area contributed by atoms with Gasteiger partial charge in [0.1, 0.15) is 11.6 Å². The number of aromatic nitrogens is 2. The first-order valence-electron chi connectivity index (χ1n) is 5.59. The average molecular weight is 232 g/mol. The number of oxazole rings is 1. The van der Waals surface area contributed by atoms with Crippen LogP contribution in [0.3, 0.4) is 0 Å². The van der Waals surface area contributed by atoms with Crippen molar-refractivity contribution in [1.82, 2.24) is 9.97 Å². The summed E-state index contributed by atoms with van der Waals surface area (Å²) in [6.07, 6.45) is 2.59. The number of pyridine rings is 1. The van der Waals surface area contributed by atoms with E-state index in [9.17, 15) is 0 Å². The molecule has 2 heterocycles. The van der Waals surface area contributed by atoms with E-state index in [0.29, 0.717) is 23.9 Å². The minimum Gasteiger partial charge on any atom is -0.444 e. The van der Waals surface area contributed by atoms with Crippen molar-refractivity contribution in [3.8, 4) is 0 Å². The Labute approximate surface area is 100 Å². The highest BCUT2D eigenvalue weighted by Crippen LogP contribution is 2.16. The number of nitrogens with two attached hydrogens (primary N) is 1. The van der Waals surface area contributed by atoms with Crippen molar-refractivity contribution in [2.75, 3.05) is 11.1 Å². The van der Waals surface area contributed by atoms with E-state index < -0.39 is 0 Å². The Morgan fingerprint density at radius 2 is 2.24 bits per heavy atom. The van der Waals surface area contributed by atoms with E-state index in [4.69, 9.17) is 10.2 Å². The summed E-state index contributed by atoms with van der Waals surface area (Å²) in [7, 11) is 0. The highest BCUT2D eigenvalue weighted by atomic mass is 16.4. The maximum Gasteiger partial charge on any atom is 0.213 e. The second-order valence-corrected chi connectivity index (χ2v) is 3.82. The SMILES string of the molecule is CCc1cnc(CNc2nc(C)ccc2N)o1. The molecular formula is C12H16N4O. The first kappa shape index (κ1) is 11.4. The minimum absolute atomic E-state index is 0.487. The van der Waals surface area contributed by atoms with Crippen molar-refractivity contribution in [3.63, 3.8) is 0 Å². The summed E-state index contributed by atoms with van der Waals surface area (Å²) >= 11 is 0. The van der Waals surface area contributed by atoms with E-state index in [0.717, 1.165) is 17.9 Å². The molecule has 0 saturated carbocycles. The van der Waals surface area contributed by atoms with Crippen molar-refractivity contribution in [2.45, 2.75) is 26.8 Å². The number of nitrogens with one attached hydrogen (secondary N) is 1. The number of aryl methyl sites for hydroxylation is 2. The summed E-state index contributed by atoms with van der Waals surface area (Å²) in [5.74, 6) is 2.19. The fourth-order valence-electron chi connectivity index (χ4n) is 1.46. The smallest absolute Gasteiger partial charge is 0.213 e. The summed E-state index contributed by atoms with van der Waals surface area (Å²) in [6, 6.07) is 3.71. The molecule has 2 rings (SSSR count). The molecule has 5 heteroatoms. The quantitative estimate of drug-likeness (QED) is 0.844. The fourth-order valence-corrected chi connectivity index (χ4v) is 1.46. The van der Waals surface area contributed by atoms with Crippen molar-refractivity contribution < 1.29 is 4.42 Å². The van der Waals surface area contributed by atoms with Gasteiger partial charge < -0.3 is 15.5 Å². The van der Waals surface area contributed by atoms with Crippen molar-refractivity contribution in [1.29, 1.82) is 0 Å². The predicted octanol–water partition coefficient (Wildman–Crippen LogP) is 2.13. The minimum atomic E-state index is 0.487. The molecule has 0 atom stereocenters. The average Bonchev–Trinajstić information content (AvgIpc) is 2.78. The topological polar surface area (TPSA) is 77.0 Å². The molecule has 0 radical (unpaired) electrons. The van der Waals surface area contributed by atoms with Crippen LogP contribution in [0.2, 0.25) is 0 Å². The highest BCUT2D eigenvalue weighted by Gasteiger charge is 2.05. The monoisotopic (exact) mass is 232 g/mol. The largest absolute Gasteiger partial charge is 0.444 e. The van der Waals surface area contributed by atoms with Crippen LogP contribution < -0.4 is 11.1 Å². The molecule has 0 spiro atoms.